The first kappa shape index (κ1) is 21.7. The third-order valence-electron chi connectivity index (χ3n) is 5.14. The first-order valence-electron chi connectivity index (χ1n) is 9.54. The largest absolute Gasteiger partial charge is 0.378 e. The molecular weight excluding hydrogens is 419 g/mol. The number of hydrogen-bond acceptors (Lipinski definition) is 4. The number of rotatable bonds is 4. The summed E-state index contributed by atoms with van der Waals surface area (Å²) in [7, 11) is 0. The van der Waals surface area contributed by atoms with Gasteiger partial charge in [-0.2, -0.15) is 0 Å². The van der Waals surface area contributed by atoms with Crippen LogP contribution in [0.3, 0.4) is 0 Å². The minimum atomic E-state index is -0.620. The smallest absolute Gasteiger partial charge is 0.322 e. The van der Waals surface area contributed by atoms with E-state index in [1.54, 1.807) is 34.9 Å². The molecule has 0 spiro atoms. The van der Waals surface area contributed by atoms with Gasteiger partial charge in [-0.25, -0.2) is 4.79 Å². The average molecular weight is 443 g/mol. The highest BCUT2D eigenvalue weighted by Gasteiger charge is 2.34. The standard InChI is InChI=1S/C19H24Cl2N4O4/c1-13-18(27)24(5-4-17(26)23-8-10-29-11-9-23)6-7-25(13)19(28)22-14-2-3-15(20)16(21)12-14/h2-3,12-13H,4-11H2,1H3,(H,22,28). The van der Waals surface area contributed by atoms with Crippen molar-refractivity contribution < 1.29 is 19.1 Å². The molecule has 10 heteroatoms. The van der Waals surface area contributed by atoms with E-state index in [0.29, 0.717) is 61.7 Å². The Hall–Kier alpha value is -2.03. The molecule has 8 nitrogen and oxygen atoms in total. The van der Waals surface area contributed by atoms with Gasteiger partial charge in [0, 0.05) is 44.8 Å². The van der Waals surface area contributed by atoms with E-state index in [4.69, 9.17) is 27.9 Å². The number of nitrogens with one attached hydrogen (secondary N) is 1. The highest BCUT2D eigenvalue weighted by molar-refractivity contribution is 6.42. The number of carbonyl (C=O) groups excluding carboxylic acids is 3. The Kier molecular flexibility index (Phi) is 7.21. The molecule has 158 valence electrons. The van der Waals surface area contributed by atoms with E-state index < -0.39 is 6.04 Å². The monoisotopic (exact) mass is 442 g/mol. The summed E-state index contributed by atoms with van der Waals surface area (Å²) in [5.74, 6) is -0.149. The van der Waals surface area contributed by atoms with Gasteiger partial charge in [0.05, 0.1) is 23.3 Å². The van der Waals surface area contributed by atoms with Crippen LogP contribution in [0.4, 0.5) is 10.5 Å². The molecule has 2 fully saturated rings. The zero-order valence-corrected chi connectivity index (χ0v) is 17.7. The van der Waals surface area contributed by atoms with Crippen LogP contribution in [0.1, 0.15) is 13.3 Å². The van der Waals surface area contributed by atoms with Crippen molar-refractivity contribution in [2.45, 2.75) is 19.4 Å². The second kappa shape index (κ2) is 9.65. The van der Waals surface area contributed by atoms with Crippen molar-refractivity contribution in [2.24, 2.45) is 0 Å². The van der Waals surface area contributed by atoms with Gasteiger partial charge in [0.25, 0.3) is 0 Å². The molecule has 1 aromatic rings. The molecule has 0 aliphatic carbocycles. The van der Waals surface area contributed by atoms with Gasteiger partial charge in [0.1, 0.15) is 6.04 Å². The second-order valence-corrected chi connectivity index (χ2v) is 7.81. The van der Waals surface area contributed by atoms with Crippen LogP contribution in [0.2, 0.25) is 10.0 Å². The van der Waals surface area contributed by atoms with Crippen molar-refractivity contribution in [3.63, 3.8) is 0 Å². The van der Waals surface area contributed by atoms with E-state index in [1.807, 2.05) is 0 Å². The molecule has 2 saturated heterocycles. The first-order chi connectivity index (χ1) is 13.9. The van der Waals surface area contributed by atoms with E-state index >= 15 is 0 Å². The van der Waals surface area contributed by atoms with Crippen LogP contribution < -0.4 is 5.32 Å². The van der Waals surface area contributed by atoms with E-state index in [-0.39, 0.29) is 24.3 Å². The van der Waals surface area contributed by atoms with E-state index in [2.05, 4.69) is 5.32 Å². The van der Waals surface area contributed by atoms with Gasteiger partial charge in [-0.05, 0) is 25.1 Å². The van der Waals surface area contributed by atoms with Gasteiger partial charge in [0.15, 0.2) is 0 Å². The molecule has 1 unspecified atom stereocenters. The molecule has 2 heterocycles. The Labute approximate surface area is 179 Å². The lowest BCUT2D eigenvalue weighted by molar-refractivity contribution is -0.141. The normalized spacial score (nSPS) is 20.0. The van der Waals surface area contributed by atoms with Crippen LogP contribution in [-0.4, -0.2) is 84.5 Å². The van der Waals surface area contributed by atoms with Gasteiger partial charge < -0.3 is 24.8 Å². The number of morpholine rings is 1. The Balaban J connectivity index is 1.52. The van der Waals surface area contributed by atoms with Gasteiger partial charge in [-0.3, -0.25) is 9.59 Å². The molecule has 4 amide bonds. The molecule has 0 aromatic heterocycles. The maximum Gasteiger partial charge on any atom is 0.322 e. The number of nitrogens with zero attached hydrogens (tertiary/aromatic N) is 3. The van der Waals surface area contributed by atoms with Crippen molar-refractivity contribution in [1.82, 2.24) is 14.7 Å². The number of hydrogen-bond donors (Lipinski definition) is 1. The molecule has 1 N–H and O–H groups in total. The molecule has 2 aliphatic heterocycles. The second-order valence-electron chi connectivity index (χ2n) is 7.00. The van der Waals surface area contributed by atoms with Crippen molar-refractivity contribution >= 4 is 46.7 Å². The van der Waals surface area contributed by atoms with Crippen molar-refractivity contribution in [3.8, 4) is 0 Å². The fourth-order valence-corrected chi connectivity index (χ4v) is 3.70. The summed E-state index contributed by atoms with van der Waals surface area (Å²) in [6, 6.07) is 3.80. The minimum Gasteiger partial charge on any atom is -0.378 e. The zero-order valence-electron chi connectivity index (χ0n) is 16.2. The minimum absolute atomic E-state index is 0.0218. The maximum atomic E-state index is 12.7. The molecular formula is C19H24Cl2N4O4. The summed E-state index contributed by atoms with van der Waals surface area (Å²) in [6.45, 7) is 5.08. The lowest BCUT2D eigenvalue weighted by atomic mass is 10.1. The highest BCUT2D eigenvalue weighted by atomic mass is 35.5. The molecule has 1 aromatic carbocycles. The van der Waals surface area contributed by atoms with Crippen LogP contribution in [-0.2, 0) is 14.3 Å². The summed E-state index contributed by atoms with van der Waals surface area (Å²) in [5.41, 5.74) is 0.502. The molecule has 1 atom stereocenters. The molecule has 0 saturated carbocycles. The molecule has 3 rings (SSSR count). The molecule has 2 aliphatic rings. The molecule has 0 radical (unpaired) electrons. The third kappa shape index (κ3) is 5.32. The lowest BCUT2D eigenvalue weighted by Crippen LogP contribution is -2.58. The Bertz CT molecular complexity index is 785. The van der Waals surface area contributed by atoms with Gasteiger partial charge in [-0.15, -0.1) is 0 Å². The van der Waals surface area contributed by atoms with Crippen LogP contribution >= 0.6 is 23.2 Å². The average Bonchev–Trinajstić information content (AvgIpc) is 2.72. The fraction of sp³-hybridized carbons (Fsp3) is 0.526. The van der Waals surface area contributed by atoms with Gasteiger partial charge in [0.2, 0.25) is 11.8 Å². The number of halogens is 2. The molecule has 0 bridgehead atoms. The molecule has 29 heavy (non-hydrogen) atoms. The first-order valence-corrected chi connectivity index (χ1v) is 10.3. The number of anilines is 1. The van der Waals surface area contributed by atoms with Gasteiger partial charge >= 0.3 is 6.03 Å². The number of urea groups is 1. The highest BCUT2D eigenvalue weighted by Crippen LogP contribution is 2.25. The van der Waals surface area contributed by atoms with Crippen molar-refractivity contribution in [2.75, 3.05) is 51.3 Å². The number of ether oxygens (including phenoxy) is 1. The number of benzene rings is 1. The van der Waals surface area contributed by atoms with Crippen LogP contribution in [0.25, 0.3) is 0 Å². The Morgan fingerprint density at radius 2 is 1.86 bits per heavy atom. The van der Waals surface area contributed by atoms with Crippen LogP contribution in [0.15, 0.2) is 18.2 Å². The summed E-state index contributed by atoms with van der Waals surface area (Å²) >= 11 is 11.9. The quantitative estimate of drug-likeness (QED) is 0.775. The number of carbonyl (C=O) groups is 3. The Morgan fingerprint density at radius 3 is 2.55 bits per heavy atom. The van der Waals surface area contributed by atoms with Crippen molar-refractivity contribution in [3.05, 3.63) is 28.2 Å². The topological polar surface area (TPSA) is 82.2 Å². The summed E-state index contributed by atoms with van der Waals surface area (Å²) in [4.78, 5) is 42.5. The fourth-order valence-electron chi connectivity index (χ4n) is 3.40. The van der Waals surface area contributed by atoms with Crippen LogP contribution in [0, 0.1) is 0 Å². The van der Waals surface area contributed by atoms with Gasteiger partial charge in [-0.1, -0.05) is 23.2 Å². The number of piperazine rings is 1. The zero-order chi connectivity index (χ0) is 21.0. The summed E-state index contributed by atoms with van der Waals surface area (Å²) in [5, 5.41) is 3.47. The van der Waals surface area contributed by atoms with E-state index in [9.17, 15) is 14.4 Å². The van der Waals surface area contributed by atoms with E-state index in [1.165, 1.54) is 4.90 Å². The summed E-state index contributed by atoms with van der Waals surface area (Å²) in [6.07, 6.45) is 0.272. The van der Waals surface area contributed by atoms with E-state index in [0.717, 1.165) is 0 Å². The number of amides is 4. The SMILES string of the molecule is CC1C(=O)N(CCC(=O)N2CCOCC2)CCN1C(=O)Nc1ccc(Cl)c(Cl)c1. The maximum absolute atomic E-state index is 12.7. The van der Waals surface area contributed by atoms with Crippen LogP contribution in [0.5, 0.6) is 0 Å². The predicted molar refractivity (Wildman–Crippen MR) is 110 cm³/mol. The lowest BCUT2D eigenvalue weighted by Gasteiger charge is -2.39. The summed E-state index contributed by atoms with van der Waals surface area (Å²) < 4.78 is 5.25. The predicted octanol–water partition coefficient (Wildman–Crippen LogP) is 2.31. The third-order valence-corrected chi connectivity index (χ3v) is 5.88. The van der Waals surface area contributed by atoms with Crippen molar-refractivity contribution in [1.29, 1.82) is 0 Å². The Morgan fingerprint density at radius 1 is 1.14 bits per heavy atom.